The van der Waals surface area contributed by atoms with Gasteiger partial charge in [0.1, 0.15) is 11.4 Å². The van der Waals surface area contributed by atoms with Gasteiger partial charge in [-0.15, -0.1) is 0 Å². The number of carbonyl (C=O) groups excluding carboxylic acids is 3. The number of Topliss-reactive ketones (excluding diaryl/α,β-unsaturated/α-hetero) is 2. The number of rotatable bonds is 8. The average molecular weight is 521 g/mol. The first-order valence-corrected chi connectivity index (χ1v) is 14.4. The normalized spacial score (nSPS) is 21.6. The van der Waals surface area contributed by atoms with E-state index in [-0.39, 0.29) is 23.7 Å². The Labute approximate surface area is 215 Å². The molecule has 0 spiro atoms. The molecule has 2 fully saturated rings. The molecule has 1 amide bonds. The third kappa shape index (κ3) is 7.16. The van der Waals surface area contributed by atoms with Crippen LogP contribution in [-0.2, 0) is 26.0 Å². The molecule has 1 heterocycles. The number of amides is 1. The zero-order chi connectivity index (χ0) is 26.7. The molecule has 200 valence electrons. The molecule has 36 heavy (non-hydrogen) atoms. The molecule has 0 N–H and O–H groups in total. The molecule has 0 radical (unpaired) electrons. The third-order valence-corrected chi connectivity index (χ3v) is 8.92. The van der Waals surface area contributed by atoms with Crippen LogP contribution in [0.3, 0.4) is 0 Å². The predicted molar refractivity (Wildman–Crippen MR) is 138 cm³/mol. The second-order valence-electron chi connectivity index (χ2n) is 11.3. The van der Waals surface area contributed by atoms with Gasteiger partial charge in [0.25, 0.3) is 0 Å². The van der Waals surface area contributed by atoms with E-state index in [0.717, 1.165) is 42.0 Å². The first-order chi connectivity index (χ1) is 16.8. The van der Waals surface area contributed by atoms with Crippen LogP contribution in [0.25, 0.3) is 0 Å². The van der Waals surface area contributed by atoms with Crippen LogP contribution in [-0.4, -0.2) is 73.3 Å². The van der Waals surface area contributed by atoms with Gasteiger partial charge in [0.2, 0.25) is 10.0 Å². The maximum atomic E-state index is 13.6. The summed E-state index contributed by atoms with van der Waals surface area (Å²) in [5.74, 6) is -0.566. The second-order valence-corrected chi connectivity index (χ2v) is 13.5. The Morgan fingerprint density at radius 3 is 2.17 bits per heavy atom. The highest BCUT2D eigenvalue weighted by Crippen LogP contribution is 2.40. The van der Waals surface area contributed by atoms with Gasteiger partial charge in [-0.25, -0.2) is 17.5 Å². The zero-order valence-electron chi connectivity index (χ0n) is 22.2. The van der Waals surface area contributed by atoms with Crippen LogP contribution in [0, 0.1) is 11.8 Å². The molecule has 0 aromatic heterocycles. The summed E-state index contributed by atoms with van der Waals surface area (Å²) >= 11 is 0. The number of likely N-dealkylation sites (tertiary alicyclic amines) is 1. The summed E-state index contributed by atoms with van der Waals surface area (Å²) in [6, 6.07) is 5.99. The summed E-state index contributed by atoms with van der Waals surface area (Å²) in [5.41, 5.74) is 0.370. The van der Waals surface area contributed by atoms with Crippen LogP contribution in [0.5, 0.6) is 0 Å². The Bertz CT molecular complexity index is 1050. The average Bonchev–Trinajstić information content (AvgIpc) is 3.24. The number of sulfonamides is 1. The molecule has 1 aliphatic carbocycles. The molecule has 1 aliphatic heterocycles. The first-order valence-electron chi connectivity index (χ1n) is 12.8. The van der Waals surface area contributed by atoms with Crippen molar-refractivity contribution in [2.24, 2.45) is 11.8 Å². The lowest BCUT2D eigenvalue weighted by molar-refractivity contribution is -0.124. The molecule has 0 unspecified atom stereocenters. The fourth-order valence-corrected chi connectivity index (χ4v) is 6.06. The molecular formula is C27H40N2O6S. The summed E-state index contributed by atoms with van der Waals surface area (Å²) in [7, 11) is -0.869. The Morgan fingerprint density at radius 1 is 1.00 bits per heavy atom. The molecule has 3 rings (SSSR count). The summed E-state index contributed by atoms with van der Waals surface area (Å²) in [5, 5.41) is 0. The van der Waals surface area contributed by atoms with E-state index in [1.54, 1.807) is 29.2 Å². The Hall–Kier alpha value is -2.26. The zero-order valence-corrected chi connectivity index (χ0v) is 23.0. The predicted octanol–water partition coefficient (Wildman–Crippen LogP) is 4.08. The number of carbonyl (C=O) groups is 3. The molecule has 1 aromatic carbocycles. The summed E-state index contributed by atoms with van der Waals surface area (Å²) in [4.78, 5) is 40.7. The number of nitrogens with zero attached hydrogens (tertiary/aromatic N) is 2. The van der Waals surface area contributed by atoms with Gasteiger partial charge in [0, 0.05) is 32.6 Å². The van der Waals surface area contributed by atoms with Crippen molar-refractivity contribution in [3.8, 4) is 0 Å². The van der Waals surface area contributed by atoms with Crippen LogP contribution in [0.2, 0.25) is 0 Å². The molecule has 2 aliphatic rings. The number of hydrogen-bond donors (Lipinski definition) is 0. The SMILES string of the molecule is CN(C)S(=O)(=O)CC(=O)c1ccc(CC(=O)[C@@H]2[C@H](C3CCCCC3)CCN2C(=O)OC(C)(C)C)cc1. The quantitative estimate of drug-likeness (QED) is 0.479. The van der Waals surface area contributed by atoms with Gasteiger partial charge in [0.05, 0.1) is 6.04 Å². The molecule has 1 saturated carbocycles. The van der Waals surface area contributed by atoms with E-state index in [0.29, 0.717) is 12.5 Å². The van der Waals surface area contributed by atoms with E-state index < -0.39 is 39.3 Å². The molecule has 0 bridgehead atoms. The fraction of sp³-hybridized carbons (Fsp3) is 0.667. The maximum Gasteiger partial charge on any atom is 0.410 e. The first kappa shape index (κ1) is 28.3. The smallest absolute Gasteiger partial charge is 0.410 e. The van der Waals surface area contributed by atoms with Gasteiger partial charge in [-0.05, 0) is 44.6 Å². The van der Waals surface area contributed by atoms with Gasteiger partial charge < -0.3 is 4.74 Å². The monoisotopic (exact) mass is 520 g/mol. The van der Waals surface area contributed by atoms with E-state index in [4.69, 9.17) is 4.74 Å². The summed E-state index contributed by atoms with van der Waals surface area (Å²) in [6.07, 6.45) is 6.21. The van der Waals surface area contributed by atoms with E-state index >= 15 is 0 Å². The van der Waals surface area contributed by atoms with Crippen LogP contribution >= 0.6 is 0 Å². The van der Waals surface area contributed by atoms with Crippen molar-refractivity contribution < 1.29 is 27.5 Å². The van der Waals surface area contributed by atoms with Gasteiger partial charge in [-0.2, -0.15) is 0 Å². The van der Waals surface area contributed by atoms with Crippen molar-refractivity contribution >= 4 is 27.7 Å². The number of ketones is 2. The summed E-state index contributed by atoms with van der Waals surface area (Å²) < 4.78 is 30.7. The van der Waals surface area contributed by atoms with Crippen LogP contribution in [0.4, 0.5) is 4.79 Å². The lowest BCUT2D eigenvalue weighted by atomic mass is 9.75. The minimum absolute atomic E-state index is 0.0248. The number of ether oxygens (including phenoxy) is 1. The number of hydrogen-bond acceptors (Lipinski definition) is 6. The molecule has 2 atom stereocenters. The highest BCUT2D eigenvalue weighted by Gasteiger charge is 2.46. The lowest BCUT2D eigenvalue weighted by Crippen LogP contribution is -2.47. The van der Waals surface area contributed by atoms with Crippen molar-refractivity contribution in [2.45, 2.75) is 77.4 Å². The van der Waals surface area contributed by atoms with Crippen molar-refractivity contribution in [2.75, 3.05) is 26.4 Å². The highest BCUT2D eigenvalue weighted by atomic mass is 32.2. The van der Waals surface area contributed by atoms with Gasteiger partial charge >= 0.3 is 6.09 Å². The van der Waals surface area contributed by atoms with Gasteiger partial charge in [0.15, 0.2) is 11.6 Å². The van der Waals surface area contributed by atoms with Crippen LogP contribution < -0.4 is 0 Å². The largest absolute Gasteiger partial charge is 0.444 e. The molecule has 8 nitrogen and oxygen atoms in total. The topological polar surface area (TPSA) is 101 Å². The minimum atomic E-state index is -3.65. The lowest BCUT2D eigenvalue weighted by Gasteiger charge is -2.34. The van der Waals surface area contributed by atoms with E-state index in [1.807, 2.05) is 20.8 Å². The van der Waals surface area contributed by atoms with Gasteiger partial charge in [-0.1, -0.05) is 56.4 Å². The molecular weight excluding hydrogens is 480 g/mol. The molecule has 9 heteroatoms. The van der Waals surface area contributed by atoms with Crippen molar-refractivity contribution in [3.05, 3.63) is 35.4 Å². The fourth-order valence-electron chi connectivity index (χ4n) is 5.30. The third-order valence-electron chi connectivity index (χ3n) is 7.18. The van der Waals surface area contributed by atoms with Crippen LogP contribution in [0.15, 0.2) is 24.3 Å². The highest BCUT2D eigenvalue weighted by molar-refractivity contribution is 7.89. The van der Waals surface area contributed by atoms with Crippen molar-refractivity contribution in [3.63, 3.8) is 0 Å². The Kier molecular flexibility index (Phi) is 8.98. The van der Waals surface area contributed by atoms with Crippen LogP contribution in [0.1, 0.15) is 75.2 Å². The van der Waals surface area contributed by atoms with E-state index in [9.17, 15) is 22.8 Å². The Morgan fingerprint density at radius 2 is 1.61 bits per heavy atom. The van der Waals surface area contributed by atoms with Crippen molar-refractivity contribution in [1.29, 1.82) is 0 Å². The maximum absolute atomic E-state index is 13.6. The van der Waals surface area contributed by atoms with Crippen molar-refractivity contribution in [1.82, 2.24) is 9.21 Å². The standard InChI is InChI=1S/C27H40N2O6S/c1-27(2,3)35-26(32)29-16-15-22(20-9-7-6-8-10-20)25(29)23(30)17-19-11-13-21(14-12-19)24(31)18-36(33,34)28(4)5/h11-14,20,22,25H,6-10,15-18H2,1-5H3/t22-,25-/m0/s1. The van der Waals surface area contributed by atoms with E-state index in [2.05, 4.69) is 0 Å². The molecule has 1 aromatic rings. The second kappa shape index (κ2) is 11.4. The summed E-state index contributed by atoms with van der Waals surface area (Å²) in [6.45, 7) is 5.98. The number of benzene rings is 1. The Balaban J connectivity index is 1.75. The minimum Gasteiger partial charge on any atom is -0.444 e. The molecule has 1 saturated heterocycles. The van der Waals surface area contributed by atoms with E-state index in [1.165, 1.54) is 20.5 Å². The van der Waals surface area contributed by atoms with Gasteiger partial charge in [-0.3, -0.25) is 14.5 Å².